The maximum Gasteiger partial charge on any atom is 0.264 e. The van der Waals surface area contributed by atoms with Crippen LogP contribution < -0.4 is 28.6 Å². The fraction of sp³-hybridized carbons (Fsp3) is 0.269. The largest absolute Gasteiger partial charge is 0.495 e. The number of nitrogens with zero attached hydrogens (tertiary/aromatic N) is 1. The standard InChI is InChI=1S/C26H30N2O7S/c1-18-11-12-22(32-2)21(13-18)28(36(30,31)20-9-7-6-8-10-20)17-25(29)27-16-19-14-23(33-3)26(35-5)24(15-19)34-4/h6-15H,16-17H2,1-5H3,(H,27,29). The summed E-state index contributed by atoms with van der Waals surface area (Å²) in [7, 11) is 1.88. The van der Waals surface area contributed by atoms with Gasteiger partial charge < -0.3 is 24.3 Å². The van der Waals surface area contributed by atoms with Crippen molar-refractivity contribution < 1.29 is 32.2 Å². The molecule has 0 heterocycles. The molecule has 0 saturated carbocycles. The van der Waals surface area contributed by atoms with Crippen molar-refractivity contribution in [2.24, 2.45) is 0 Å². The Morgan fingerprint density at radius 2 is 1.44 bits per heavy atom. The number of aryl methyl sites for hydroxylation is 1. The van der Waals surface area contributed by atoms with E-state index >= 15 is 0 Å². The van der Waals surface area contributed by atoms with E-state index in [4.69, 9.17) is 18.9 Å². The first-order valence-electron chi connectivity index (χ1n) is 11.0. The first kappa shape index (κ1) is 26.7. The molecule has 0 aliphatic carbocycles. The van der Waals surface area contributed by atoms with Crippen LogP contribution in [0.3, 0.4) is 0 Å². The van der Waals surface area contributed by atoms with Gasteiger partial charge in [-0.3, -0.25) is 9.10 Å². The van der Waals surface area contributed by atoms with Crippen molar-refractivity contribution in [2.75, 3.05) is 39.3 Å². The van der Waals surface area contributed by atoms with Crippen molar-refractivity contribution in [3.05, 3.63) is 71.8 Å². The monoisotopic (exact) mass is 514 g/mol. The van der Waals surface area contributed by atoms with E-state index in [0.29, 0.717) is 28.6 Å². The highest BCUT2D eigenvalue weighted by molar-refractivity contribution is 7.92. The molecule has 0 atom stereocenters. The topological polar surface area (TPSA) is 103 Å². The zero-order chi connectivity index (χ0) is 26.3. The molecule has 0 aromatic heterocycles. The van der Waals surface area contributed by atoms with E-state index in [9.17, 15) is 13.2 Å². The lowest BCUT2D eigenvalue weighted by Gasteiger charge is -2.26. The lowest BCUT2D eigenvalue weighted by molar-refractivity contribution is -0.119. The molecule has 3 aromatic carbocycles. The second-order valence-corrected chi connectivity index (χ2v) is 9.67. The molecule has 0 spiro atoms. The summed E-state index contributed by atoms with van der Waals surface area (Å²) in [5.41, 5.74) is 1.77. The SMILES string of the molecule is COc1ccc(C)cc1N(CC(=O)NCc1cc(OC)c(OC)c(OC)c1)S(=O)(=O)c1ccccc1. The predicted molar refractivity (Wildman–Crippen MR) is 137 cm³/mol. The van der Waals surface area contributed by atoms with Crippen LogP contribution in [-0.4, -0.2) is 49.3 Å². The van der Waals surface area contributed by atoms with Gasteiger partial charge in [0.2, 0.25) is 11.7 Å². The van der Waals surface area contributed by atoms with Crippen molar-refractivity contribution in [3.8, 4) is 23.0 Å². The second-order valence-electron chi connectivity index (χ2n) is 7.81. The quantitative estimate of drug-likeness (QED) is 0.417. The van der Waals surface area contributed by atoms with Gasteiger partial charge >= 0.3 is 0 Å². The minimum atomic E-state index is -4.08. The molecule has 10 heteroatoms. The summed E-state index contributed by atoms with van der Waals surface area (Å²) < 4.78 is 49.7. The summed E-state index contributed by atoms with van der Waals surface area (Å²) in [5, 5.41) is 2.78. The first-order valence-corrected chi connectivity index (χ1v) is 12.5. The van der Waals surface area contributed by atoms with Crippen molar-refractivity contribution in [3.63, 3.8) is 0 Å². The smallest absolute Gasteiger partial charge is 0.264 e. The number of amides is 1. The Hall–Kier alpha value is -3.92. The van der Waals surface area contributed by atoms with Crippen LogP contribution in [0, 0.1) is 6.92 Å². The highest BCUT2D eigenvalue weighted by Crippen LogP contribution is 2.38. The van der Waals surface area contributed by atoms with Gasteiger partial charge in [0, 0.05) is 6.54 Å². The summed E-state index contributed by atoms with van der Waals surface area (Å²) in [4.78, 5) is 13.1. The van der Waals surface area contributed by atoms with E-state index in [1.54, 1.807) is 48.5 Å². The molecule has 1 amide bonds. The Labute approximate surface area is 211 Å². The number of hydrogen-bond donors (Lipinski definition) is 1. The van der Waals surface area contributed by atoms with E-state index in [-0.39, 0.29) is 17.1 Å². The van der Waals surface area contributed by atoms with Gasteiger partial charge in [-0.25, -0.2) is 8.42 Å². The third-order valence-corrected chi connectivity index (χ3v) is 7.21. The predicted octanol–water partition coefficient (Wildman–Crippen LogP) is 3.54. The van der Waals surface area contributed by atoms with Crippen molar-refractivity contribution in [2.45, 2.75) is 18.4 Å². The third-order valence-electron chi connectivity index (χ3n) is 5.44. The van der Waals surface area contributed by atoms with Gasteiger partial charge in [-0.1, -0.05) is 24.3 Å². The number of nitrogens with one attached hydrogen (secondary N) is 1. The van der Waals surface area contributed by atoms with Crippen LogP contribution >= 0.6 is 0 Å². The highest BCUT2D eigenvalue weighted by atomic mass is 32.2. The molecule has 0 radical (unpaired) electrons. The number of methoxy groups -OCH3 is 4. The average molecular weight is 515 g/mol. The first-order chi connectivity index (χ1) is 17.2. The van der Waals surface area contributed by atoms with Crippen LogP contribution in [0.25, 0.3) is 0 Å². The van der Waals surface area contributed by atoms with Crippen LogP contribution in [0.2, 0.25) is 0 Å². The van der Waals surface area contributed by atoms with Gasteiger partial charge in [0.15, 0.2) is 11.5 Å². The summed E-state index contributed by atoms with van der Waals surface area (Å²) in [5.74, 6) is 1.14. The van der Waals surface area contributed by atoms with Crippen molar-refractivity contribution in [1.82, 2.24) is 5.32 Å². The molecular weight excluding hydrogens is 484 g/mol. The van der Waals surface area contributed by atoms with Crippen molar-refractivity contribution >= 4 is 21.6 Å². The number of rotatable bonds is 11. The van der Waals surface area contributed by atoms with Crippen LogP contribution in [-0.2, 0) is 21.4 Å². The number of sulfonamides is 1. The Balaban J connectivity index is 1.91. The summed E-state index contributed by atoms with van der Waals surface area (Å²) in [6.07, 6.45) is 0. The number of hydrogen-bond acceptors (Lipinski definition) is 7. The van der Waals surface area contributed by atoms with E-state index in [2.05, 4.69) is 5.32 Å². The summed E-state index contributed by atoms with van der Waals surface area (Å²) in [6.45, 7) is 1.49. The van der Waals surface area contributed by atoms with E-state index in [1.807, 2.05) is 6.92 Å². The van der Waals surface area contributed by atoms with Gasteiger partial charge in [0.1, 0.15) is 12.3 Å². The molecule has 0 saturated heterocycles. The molecule has 1 N–H and O–H groups in total. The maximum atomic E-state index is 13.6. The van der Waals surface area contributed by atoms with E-state index < -0.39 is 22.5 Å². The normalized spacial score (nSPS) is 10.9. The van der Waals surface area contributed by atoms with Gasteiger partial charge in [0.05, 0.1) is 39.0 Å². The molecule has 0 aliphatic rings. The van der Waals surface area contributed by atoms with Gasteiger partial charge in [-0.05, 0) is 54.4 Å². The minimum Gasteiger partial charge on any atom is -0.495 e. The molecule has 3 rings (SSSR count). The number of carbonyl (C=O) groups excluding carboxylic acids is 1. The fourth-order valence-electron chi connectivity index (χ4n) is 3.64. The highest BCUT2D eigenvalue weighted by Gasteiger charge is 2.29. The summed E-state index contributed by atoms with van der Waals surface area (Å²) in [6, 6.07) is 16.5. The van der Waals surface area contributed by atoms with Gasteiger partial charge in [-0.2, -0.15) is 0 Å². The Morgan fingerprint density at radius 3 is 2.00 bits per heavy atom. The number of carbonyl (C=O) groups is 1. The lowest BCUT2D eigenvalue weighted by atomic mass is 10.1. The average Bonchev–Trinajstić information content (AvgIpc) is 2.90. The molecule has 9 nitrogen and oxygen atoms in total. The maximum absolute atomic E-state index is 13.6. The summed E-state index contributed by atoms with van der Waals surface area (Å²) >= 11 is 0. The molecule has 0 fully saturated rings. The zero-order valence-corrected chi connectivity index (χ0v) is 21.7. The fourth-order valence-corrected chi connectivity index (χ4v) is 5.08. The van der Waals surface area contributed by atoms with Crippen molar-refractivity contribution in [1.29, 1.82) is 0 Å². The van der Waals surface area contributed by atoms with Gasteiger partial charge in [0.25, 0.3) is 10.0 Å². The molecule has 3 aromatic rings. The Kier molecular flexibility index (Phi) is 8.65. The third kappa shape index (κ3) is 5.83. The van der Waals surface area contributed by atoms with Crippen LogP contribution in [0.5, 0.6) is 23.0 Å². The van der Waals surface area contributed by atoms with Crippen LogP contribution in [0.4, 0.5) is 5.69 Å². The molecular formula is C26H30N2O7S. The van der Waals surface area contributed by atoms with Crippen LogP contribution in [0.1, 0.15) is 11.1 Å². The van der Waals surface area contributed by atoms with Gasteiger partial charge in [-0.15, -0.1) is 0 Å². The lowest BCUT2D eigenvalue weighted by Crippen LogP contribution is -2.41. The van der Waals surface area contributed by atoms with E-state index in [0.717, 1.165) is 9.87 Å². The second kappa shape index (κ2) is 11.7. The Bertz CT molecular complexity index is 1290. The minimum absolute atomic E-state index is 0.0611. The number of anilines is 1. The molecule has 0 unspecified atom stereocenters. The molecule has 0 bridgehead atoms. The molecule has 36 heavy (non-hydrogen) atoms. The van der Waals surface area contributed by atoms with Crippen LogP contribution in [0.15, 0.2) is 65.6 Å². The van der Waals surface area contributed by atoms with E-state index in [1.165, 1.54) is 40.6 Å². The molecule has 192 valence electrons. The number of benzene rings is 3. The molecule has 0 aliphatic heterocycles. The zero-order valence-electron chi connectivity index (χ0n) is 20.9. The number of ether oxygens (including phenoxy) is 4. The Morgan fingerprint density at radius 1 is 0.833 bits per heavy atom.